The summed E-state index contributed by atoms with van der Waals surface area (Å²) in [7, 11) is 6.20. The molecule has 28 heavy (non-hydrogen) atoms. The molecule has 0 aliphatic rings. The van der Waals surface area contributed by atoms with Gasteiger partial charge < -0.3 is 24.4 Å². The fourth-order valence-corrected chi connectivity index (χ4v) is 2.55. The second kappa shape index (κ2) is 9.45. The van der Waals surface area contributed by atoms with Gasteiger partial charge in [0.05, 0.1) is 31.9 Å². The molecule has 2 amide bonds. The van der Waals surface area contributed by atoms with Crippen molar-refractivity contribution >= 4 is 17.4 Å². The number of carbonyl (C=O) groups excluding carboxylic acids is 1. The number of likely N-dealkylation sites (N-methyl/N-ethyl adjacent to an activating group) is 1. The number of ether oxygens (including phenoxy) is 3. The van der Waals surface area contributed by atoms with Crippen LogP contribution in [0.3, 0.4) is 0 Å². The number of amides is 2. The lowest BCUT2D eigenvalue weighted by Crippen LogP contribution is -2.33. The maximum absolute atomic E-state index is 12.5. The predicted octanol–water partition coefficient (Wildman–Crippen LogP) is 3.33. The number of nitrogens with one attached hydrogen (secondary N) is 1. The molecule has 0 aliphatic carbocycles. The van der Waals surface area contributed by atoms with E-state index in [0.717, 1.165) is 5.56 Å². The second-order valence-electron chi connectivity index (χ2n) is 5.93. The zero-order valence-corrected chi connectivity index (χ0v) is 16.2. The molecule has 0 aromatic heterocycles. The van der Waals surface area contributed by atoms with Gasteiger partial charge in [-0.25, -0.2) is 4.79 Å². The molecule has 0 radical (unpaired) electrons. The topological polar surface area (TPSA) is 103 Å². The van der Waals surface area contributed by atoms with E-state index in [2.05, 4.69) is 5.32 Å². The summed E-state index contributed by atoms with van der Waals surface area (Å²) in [6.45, 7) is 0.429. The Hall–Kier alpha value is -3.49. The number of benzene rings is 2. The number of hydrogen-bond acceptors (Lipinski definition) is 6. The number of anilines is 1. The minimum absolute atomic E-state index is 0.135. The SMILES string of the molecule is COc1ccc([N+](=O)[O-])cc1NC(=O)N(C)CCc1ccc(OC)c(OC)c1. The highest BCUT2D eigenvalue weighted by Crippen LogP contribution is 2.29. The van der Waals surface area contributed by atoms with Gasteiger partial charge in [-0.15, -0.1) is 0 Å². The first kappa shape index (κ1) is 20.8. The summed E-state index contributed by atoms with van der Waals surface area (Å²) < 4.78 is 15.6. The molecule has 9 nitrogen and oxygen atoms in total. The summed E-state index contributed by atoms with van der Waals surface area (Å²) in [5.74, 6) is 1.59. The predicted molar refractivity (Wildman–Crippen MR) is 105 cm³/mol. The van der Waals surface area contributed by atoms with Gasteiger partial charge in [0.2, 0.25) is 0 Å². The molecule has 0 bridgehead atoms. The van der Waals surface area contributed by atoms with Crippen molar-refractivity contribution in [3.8, 4) is 17.2 Å². The molecule has 9 heteroatoms. The van der Waals surface area contributed by atoms with Crippen molar-refractivity contribution in [2.45, 2.75) is 6.42 Å². The monoisotopic (exact) mass is 389 g/mol. The minimum Gasteiger partial charge on any atom is -0.495 e. The maximum Gasteiger partial charge on any atom is 0.321 e. The molecule has 2 aromatic rings. The van der Waals surface area contributed by atoms with Gasteiger partial charge in [-0.05, 0) is 30.2 Å². The van der Waals surface area contributed by atoms with Crippen molar-refractivity contribution in [2.75, 3.05) is 40.2 Å². The molecular weight excluding hydrogens is 366 g/mol. The highest BCUT2D eigenvalue weighted by atomic mass is 16.6. The lowest BCUT2D eigenvalue weighted by molar-refractivity contribution is -0.384. The van der Waals surface area contributed by atoms with E-state index in [-0.39, 0.29) is 11.4 Å². The first-order valence-electron chi connectivity index (χ1n) is 8.45. The summed E-state index contributed by atoms with van der Waals surface area (Å²) in [5, 5.41) is 13.6. The van der Waals surface area contributed by atoms with Crippen LogP contribution in [0.2, 0.25) is 0 Å². The van der Waals surface area contributed by atoms with Gasteiger partial charge in [-0.3, -0.25) is 10.1 Å². The fourth-order valence-electron chi connectivity index (χ4n) is 2.55. The lowest BCUT2D eigenvalue weighted by atomic mass is 10.1. The maximum atomic E-state index is 12.5. The molecule has 0 saturated heterocycles. The molecule has 1 N–H and O–H groups in total. The smallest absolute Gasteiger partial charge is 0.321 e. The van der Waals surface area contributed by atoms with Crippen molar-refractivity contribution in [3.05, 3.63) is 52.1 Å². The normalized spacial score (nSPS) is 10.1. The van der Waals surface area contributed by atoms with Gasteiger partial charge in [0.25, 0.3) is 5.69 Å². The third-order valence-electron chi connectivity index (χ3n) is 4.17. The van der Waals surface area contributed by atoms with Gasteiger partial charge >= 0.3 is 6.03 Å². The van der Waals surface area contributed by atoms with E-state index in [4.69, 9.17) is 14.2 Å². The van der Waals surface area contributed by atoms with E-state index in [1.54, 1.807) is 21.3 Å². The molecular formula is C19H23N3O6. The van der Waals surface area contributed by atoms with Gasteiger partial charge in [-0.2, -0.15) is 0 Å². The van der Waals surface area contributed by atoms with Gasteiger partial charge in [-0.1, -0.05) is 6.07 Å². The number of nitrogens with zero attached hydrogens (tertiary/aromatic N) is 2. The van der Waals surface area contributed by atoms with Crippen molar-refractivity contribution in [2.24, 2.45) is 0 Å². The Balaban J connectivity index is 2.03. The summed E-state index contributed by atoms with van der Waals surface area (Å²) in [4.78, 5) is 24.4. The van der Waals surface area contributed by atoms with Gasteiger partial charge in [0, 0.05) is 25.7 Å². The fraction of sp³-hybridized carbons (Fsp3) is 0.316. The summed E-state index contributed by atoms with van der Waals surface area (Å²) >= 11 is 0. The Bertz CT molecular complexity index is 856. The Morgan fingerprint density at radius 3 is 2.29 bits per heavy atom. The van der Waals surface area contributed by atoms with Crippen LogP contribution in [0.25, 0.3) is 0 Å². The van der Waals surface area contributed by atoms with E-state index in [0.29, 0.717) is 30.2 Å². The highest BCUT2D eigenvalue weighted by Gasteiger charge is 2.16. The van der Waals surface area contributed by atoms with Crippen molar-refractivity contribution in [1.82, 2.24) is 4.90 Å². The number of hydrogen-bond donors (Lipinski definition) is 1. The average Bonchev–Trinajstić information content (AvgIpc) is 2.71. The third-order valence-corrected chi connectivity index (χ3v) is 4.17. The van der Waals surface area contributed by atoms with E-state index in [1.807, 2.05) is 18.2 Å². The molecule has 0 aliphatic heterocycles. The van der Waals surface area contributed by atoms with Crippen molar-refractivity contribution in [1.29, 1.82) is 0 Å². The largest absolute Gasteiger partial charge is 0.495 e. The van der Waals surface area contributed by atoms with Crippen LogP contribution >= 0.6 is 0 Å². The molecule has 0 spiro atoms. The molecule has 0 saturated carbocycles. The summed E-state index contributed by atoms with van der Waals surface area (Å²) in [6.07, 6.45) is 0.594. The van der Waals surface area contributed by atoms with E-state index >= 15 is 0 Å². The number of nitro groups is 1. The Kier molecular flexibility index (Phi) is 7.02. The Labute approximate surface area is 163 Å². The summed E-state index contributed by atoms with van der Waals surface area (Å²) in [6, 6.07) is 9.18. The van der Waals surface area contributed by atoms with Gasteiger partial charge in [0.15, 0.2) is 11.5 Å². The van der Waals surface area contributed by atoms with E-state index < -0.39 is 11.0 Å². The van der Waals surface area contributed by atoms with Gasteiger partial charge in [0.1, 0.15) is 5.75 Å². The molecule has 150 valence electrons. The molecule has 0 fully saturated rings. The third kappa shape index (κ3) is 5.03. The number of urea groups is 1. The van der Waals surface area contributed by atoms with Crippen molar-refractivity contribution in [3.63, 3.8) is 0 Å². The van der Waals surface area contributed by atoms with E-state index in [9.17, 15) is 14.9 Å². The number of carbonyl (C=O) groups is 1. The minimum atomic E-state index is -0.532. The lowest BCUT2D eigenvalue weighted by Gasteiger charge is -2.19. The Morgan fingerprint density at radius 1 is 1.04 bits per heavy atom. The van der Waals surface area contributed by atoms with Crippen LogP contribution in [0.15, 0.2) is 36.4 Å². The molecule has 2 rings (SSSR count). The van der Waals surface area contributed by atoms with Crippen LogP contribution in [0.4, 0.5) is 16.2 Å². The van der Waals surface area contributed by atoms with Crippen LogP contribution in [-0.2, 0) is 6.42 Å². The standard InChI is InChI=1S/C19H23N3O6/c1-21(10-9-13-5-7-17(27-3)18(11-13)28-4)19(23)20-15-12-14(22(24)25)6-8-16(15)26-2/h5-8,11-12H,9-10H2,1-4H3,(H,20,23). The van der Waals surface area contributed by atoms with Crippen LogP contribution in [0.1, 0.15) is 5.56 Å². The highest BCUT2D eigenvalue weighted by molar-refractivity contribution is 5.91. The summed E-state index contributed by atoms with van der Waals surface area (Å²) in [5.41, 5.74) is 1.08. The molecule has 0 heterocycles. The number of methoxy groups -OCH3 is 3. The molecule has 2 aromatic carbocycles. The van der Waals surface area contributed by atoms with Crippen LogP contribution in [0, 0.1) is 10.1 Å². The Morgan fingerprint density at radius 2 is 1.68 bits per heavy atom. The first-order chi connectivity index (χ1) is 13.4. The zero-order chi connectivity index (χ0) is 20.7. The quantitative estimate of drug-likeness (QED) is 0.549. The average molecular weight is 389 g/mol. The second-order valence-corrected chi connectivity index (χ2v) is 5.93. The van der Waals surface area contributed by atoms with Crippen LogP contribution in [0.5, 0.6) is 17.2 Å². The molecule has 0 unspecified atom stereocenters. The first-order valence-corrected chi connectivity index (χ1v) is 8.45. The number of non-ortho nitro benzene ring substituents is 1. The zero-order valence-electron chi connectivity index (χ0n) is 16.2. The molecule has 0 atom stereocenters. The number of rotatable bonds is 8. The van der Waals surface area contributed by atoms with Crippen LogP contribution in [-0.4, -0.2) is 50.8 Å². The van der Waals surface area contributed by atoms with Crippen LogP contribution < -0.4 is 19.5 Å². The van der Waals surface area contributed by atoms with Crippen molar-refractivity contribution < 1.29 is 23.9 Å². The number of nitro benzene ring substituents is 1. The van der Waals surface area contributed by atoms with E-state index in [1.165, 1.54) is 30.2 Å².